The van der Waals surface area contributed by atoms with Gasteiger partial charge in [0.05, 0.1) is 12.7 Å². The van der Waals surface area contributed by atoms with Gasteiger partial charge in [0.25, 0.3) is 10.0 Å². The Morgan fingerprint density at radius 3 is 2.77 bits per heavy atom. The summed E-state index contributed by atoms with van der Waals surface area (Å²) in [6.07, 6.45) is 0. The van der Waals surface area contributed by atoms with E-state index < -0.39 is 15.3 Å². The van der Waals surface area contributed by atoms with E-state index in [0.29, 0.717) is 0 Å². The molecule has 0 aromatic heterocycles. The van der Waals surface area contributed by atoms with Crippen molar-refractivity contribution in [1.82, 2.24) is 0 Å². The summed E-state index contributed by atoms with van der Waals surface area (Å²) in [6.45, 7) is 1.86. The van der Waals surface area contributed by atoms with Crippen molar-refractivity contribution in [3.8, 4) is 6.07 Å². The Morgan fingerprint density at radius 1 is 1.77 bits per heavy atom. The first kappa shape index (κ1) is 9.67. The van der Waals surface area contributed by atoms with Crippen molar-refractivity contribution in [3.05, 3.63) is 0 Å². The lowest BCUT2D eigenvalue weighted by Gasteiger charge is -1.99. The minimum Gasteiger partial charge on any atom is -0.476 e. The van der Waals surface area contributed by atoms with Crippen LogP contribution in [0.4, 0.5) is 0 Å². The normalized spacial score (nSPS) is 25.1. The molecule has 0 amide bonds. The van der Waals surface area contributed by atoms with Gasteiger partial charge in [-0.15, -0.1) is 4.40 Å². The van der Waals surface area contributed by atoms with Gasteiger partial charge in [-0.2, -0.15) is 5.26 Å². The molecule has 1 aliphatic heterocycles. The summed E-state index contributed by atoms with van der Waals surface area (Å²) >= 11 is 0. The molecule has 0 aliphatic carbocycles. The van der Waals surface area contributed by atoms with Crippen LogP contribution in [0, 0.1) is 16.7 Å². The molecule has 0 aromatic carbocycles. The molecular weight excluding hydrogens is 194 g/mol. The van der Waals surface area contributed by atoms with E-state index in [1.54, 1.807) is 6.92 Å². The topological polar surface area (TPSA) is 103 Å². The molecule has 0 radical (unpaired) electrons. The summed E-state index contributed by atoms with van der Waals surface area (Å²) in [5, 5.41) is 14.2. The second kappa shape index (κ2) is 3.14. The van der Waals surface area contributed by atoms with Crippen LogP contribution in [0.5, 0.6) is 0 Å². The molecule has 1 atom stereocenters. The minimum atomic E-state index is -3.88. The lowest BCUT2D eigenvalue weighted by Crippen LogP contribution is -2.25. The van der Waals surface area contributed by atoms with Gasteiger partial charge in [-0.3, -0.25) is 5.41 Å². The summed E-state index contributed by atoms with van der Waals surface area (Å²) in [7, 11) is -3.88. The van der Waals surface area contributed by atoms with Crippen LogP contribution in [0.2, 0.25) is 0 Å². The van der Waals surface area contributed by atoms with Crippen molar-refractivity contribution in [2.45, 2.75) is 12.2 Å². The first-order valence-corrected chi connectivity index (χ1v) is 4.98. The molecule has 0 saturated carbocycles. The van der Waals surface area contributed by atoms with Crippen LogP contribution in [0.15, 0.2) is 4.40 Å². The lowest BCUT2D eigenvalue weighted by molar-refractivity contribution is 0.335. The van der Waals surface area contributed by atoms with Gasteiger partial charge in [-0.25, -0.2) is 8.42 Å². The van der Waals surface area contributed by atoms with E-state index in [0.717, 1.165) is 0 Å². The van der Waals surface area contributed by atoms with Crippen molar-refractivity contribution in [3.63, 3.8) is 0 Å². The Morgan fingerprint density at radius 2 is 2.38 bits per heavy atom. The molecule has 1 rings (SSSR count). The third kappa shape index (κ3) is 1.53. The van der Waals surface area contributed by atoms with E-state index in [4.69, 9.17) is 15.4 Å². The summed E-state index contributed by atoms with van der Waals surface area (Å²) < 4.78 is 30.1. The molecule has 70 valence electrons. The molecule has 1 heterocycles. The lowest BCUT2D eigenvalue weighted by atomic mass is 10.3. The van der Waals surface area contributed by atoms with Gasteiger partial charge in [0.2, 0.25) is 11.1 Å². The maximum atomic E-state index is 11.1. The summed E-state index contributed by atoms with van der Waals surface area (Å²) in [4.78, 5) is 0. The van der Waals surface area contributed by atoms with Gasteiger partial charge in [0.15, 0.2) is 0 Å². The molecule has 1 N–H and O–H groups in total. The summed E-state index contributed by atoms with van der Waals surface area (Å²) in [6, 6.07) is 1.49. The molecule has 7 heteroatoms. The Bertz CT molecular complexity index is 403. The predicted octanol–water partition coefficient (Wildman–Crippen LogP) is -0.323. The molecule has 13 heavy (non-hydrogen) atoms. The van der Waals surface area contributed by atoms with Gasteiger partial charge in [0, 0.05) is 0 Å². The zero-order chi connectivity index (χ0) is 10.1. The Kier molecular flexibility index (Phi) is 2.34. The van der Waals surface area contributed by atoms with Crippen LogP contribution in [-0.4, -0.2) is 31.9 Å². The fourth-order valence-corrected chi connectivity index (χ4v) is 1.87. The number of sulfonamides is 1. The second-order valence-corrected chi connectivity index (χ2v) is 3.95. The number of rotatable bonds is 1. The minimum absolute atomic E-state index is 0.217. The predicted molar refractivity (Wildman–Crippen MR) is 45.1 cm³/mol. The maximum Gasteiger partial charge on any atom is 0.278 e. The molecular formula is C6H7N3O3S. The Labute approximate surface area is 75.4 Å². The van der Waals surface area contributed by atoms with Crippen molar-refractivity contribution in [1.29, 1.82) is 10.7 Å². The summed E-state index contributed by atoms with van der Waals surface area (Å²) in [5.74, 6) is -0.269. The largest absolute Gasteiger partial charge is 0.476 e. The van der Waals surface area contributed by atoms with E-state index in [1.165, 1.54) is 6.07 Å². The molecule has 0 aromatic rings. The molecule has 0 saturated heterocycles. The smallest absolute Gasteiger partial charge is 0.278 e. The summed E-state index contributed by atoms with van der Waals surface area (Å²) in [5.41, 5.74) is -0.385. The highest BCUT2D eigenvalue weighted by Crippen LogP contribution is 2.15. The van der Waals surface area contributed by atoms with Crippen molar-refractivity contribution < 1.29 is 13.2 Å². The van der Waals surface area contributed by atoms with Crippen LogP contribution in [0.25, 0.3) is 0 Å². The quantitative estimate of drug-likeness (QED) is 0.627. The Hall–Kier alpha value is -1.42. The van der Waals surface area contributed by atoms with E-state index in [9.17, 15) is 8.42 Å². The van der Waals surface area contributed by atoms with E-state index >= 15 is 0 Å². The standard InChI is InChI=1S/C6H7N3O3S/c1-2-12-6-5(8)4(3-7)13(10,11)9-6/h4,8H,2H2,1H3. The van der Waals surface area contributed by atoms with Crippen LogP contribution < -0.4 is 0 Å². The number of nitrogens with zero attached hydrogens (tertiary/aromatic N) is 2. The third-order valence-electron chi connectivity index (χ3n) is 1.40. The molecule has 0 bridgehead atoms. The fraction of sp³-hybridized carbons (Fsp3) is 0.500. The molecule has 0 fully saturated rings. The average Bonchev–Trinajstić information content (AvgIpc) is 2.23. The van der Waals surface area contributed by atoms with Crippen molar-refractivity contribution in [2.75, 3.05) is 6.61 Å². The van der Waals surface area contributed by atoms with Crippen molar-refractivity contribution in [2.24, 2.45) is 4.40 Å². The van der Waals surface area contributed by atoms with Crippen LogP contribution in [0.3, 0.4) is 0 Å². The highest BCUT2D eigenvalue weighted by Gasteiger charge is 2.40. The number of hydrogen-bond donors (Lipinski definition) is 1. The number of nitriles is 1. The van der Waals surface area contributed by atoms with E-state index in [1.807, 2.05) is 0 Å². The third-order valence-corrected chi connectivity index (χ3v) is 2.76. The zero-order valence-corrected chi connectivity index (χ0v) is 7.63. The molecule has 1 aliphatic rings. The molecule has 1 unspecified atom stereocenters. The first-order chi connectivity index (χ1) is 6.03. The maximum absolute atomic E-state index is 11.1. The highest BCUT2D eigenvalue weighted by atomic mass is 32.2. The number of hydrogen-bond acceptors (Lipinski definition) is 5. The molecule has 6 nitrogen and oxygen atoms in total. The van der Waals surface area contributed by atoms with Crippen molar-refractivity contribution >= 4 is 21.6 Å². The first-order valence-electron chi connectivity index (χ1n) is 3.48. The van der Waals surface area contributed by atoms with Crippen LogP contribution in [0.1, 0.15) is 6.92 Å². The second-order valence-electron chi connectivity index (χ2n) is 2.27. The van der Waals surface area contributed by atoms with Crippen LogP contribution >= 0.6 is 0 Å². The zero-order valence-electron chi connectivity index (χ0n) is 6.81. The fourth-order valence-electron chi connectivity index (χ4n) is 0.850. The Balaban J connectivity index is 3.09. The average molecular weight is 201 g/mol. The SMILES string of the molecule is CCOC1=NS(=O)(=O)C(C#N)C1=N. The van der Waals surface area contributed by atoms with E-state index in [2.05, 4.69) is 4.40 Å². The van der Waals surface area contributed by atoms with Gasteiger partial charge in [0.1, 0.15) is 5.71 Å². The number of nitrogens with one attached hydrogen (secondary N) is 1. The van der Waals surface area contributed by atoms with Gasteiger partial charge in [-0.05, 0) is 6.92 Å². The van der Waals surface area contributed by atoms with Crippen LogP contribution in [-0.2, 0) is 14.8 Å². The molecule has 0 spiro atoms. The highest BCUT2D eigenvalue weighted by molar-refractivity contribution is 7.92. The van der Waals surface area contributed by atoms with E-state index in [-0.39, 0.29) is 18.2 Å². The number of ether oxygens (including phenoxy) is 1. The van der Waals surface area contributed by atoms with Gasteiger partial charge in [-0.1, -0.05) is 0 Å². The monoisotopic (exact) mass is 201 g/mol. The van der Waals surface area contributed by atoms with Gasteiger partial charge < -0.3 is 4.74 Å². The van der Waals surface area contributed by atoms with Gasteiger partial charge >= 0.3 is 0 Å².